The maximum absolute atomic E-state index is 12.2. The molecule has 1 aromatic carbocycles. The molecule has 0 atom stereocenters. The van der Waals surface area contributed by atoms with Gasteiger partial charge in [0.1, 0.15) is 0 Å². The van der Waals surface area contributed by atoms with Crippen LogP contribution in [-0.4, -0.2) is 36.0 Å². The van der Waals surface area contributed by atoms with Crippen LogP contribution in [0.4, 0.5) is 0 Å². The summed E-state index contributed by atoms with van der Waals surface area (Å²) >= 11 is 1.25. The fourth-order valence-electron chi connectivity index (χ4n) is 1.99. The van der Waals surface area contributed by atoms with Crippen molar-refractivity contribution in [3.8, 4) is 11.5 Å². The molecule has 6 nitrogen and oxygen atoms in total. The van der Waals surface area contributed by atoms with Crippen LogP contribution in [0.2, 0.25) is 0 Å². The van der Waals surface area contributed by atoms with Crippen LogP contribution in [-0.2, 0) is 0 Å². The Balaban J connectivity index is 1.63. The predicted molar refractivity (Wildman–Crippen MR) is 80.9 cm³/mol. The van der Waals surface area contributed by atoms with Gasteiger partial charge in [-0.15, -0.1) is 10.2 Å². The molecular formula is C15H16N2O4S. The molecular weight excluding hydrogens is 304 g/mol. The van der Waals surface area contributed by atoms with E-state index in [0.29, 0.717) is 34.1 Å². The number of ketones is 1. The Morgan fingerprint density at radius 3 is 2.73 bits per heavy atom. The number of Topliss-reactive ketones (excluding diaryl/α,β-unsaturated/α-hetero) is 1. The van der Waals surface area contributed by atoms with Gasteiger partial charge in [-0.05, 0) is 31.0 Å². The summed E-state index contributed by atoms with van der Waals surface area (Å²) in [5, 5.41) is 8.39. The van der Waals surface area contributed by atoms with Crippen molar-refractivity contribution in [1.29, 1.82) is 0 Å². The SMILES string of the molecule is COc1ccc(C(=O)CSc2nnc(C3CC3)o2)cc1OC. The van der Waals surface area contributed by atoms with E-state index in [9.17, 15) is 4.79 Å². The molecule has 3 rings (SSSR count). The highest BCUT2D eigenvalue weighted by Gasteiger charge is 2.29. The molecule has 1 aliphatic carbocycles. The summed E-state index contributed by atoms with van der Waals surface area (Å²) in [6.07, 6.45) is 2.22. The van der Waals surface area contributed by atoms with Crippen LogP contribution in [0.5, 0.6) is 11.5 Å². The second-order valence-electron chi connectivity index (χ2n) is 4.96. The second kappa shape index (κ2) is 6.39. The van der Waals surface area contributed by atoms with E-state index in [1.165, 1.54) is 11.8 Å². The molecule has 0 bridgehead atoms. The first-order valence-corrected chi connectivity index (χ1v) is 7.91. The molecule has 1 heterocycles. The summed E-state index contributed by atoms with van der Waals surface area (Å²) in [5.74, 6) is 2.44. The van der Waals surface area contributed by atoms with Crippen molar-refractivity contribution in [2.45, 2.75) is 24.0 Å². The Hall–Kier alpha value is -2.02. The zero-order valence-electron chi connectivity index (χ0n) is 12.4. The standard InChI is InChI=1S/C15H16N2O4S/c1-19-12-6-5-10(7-13(12)20-2)11(18)8-22-15-17-16-14(21-15)9-3-4-9/h5-7,9H,3-4,8H2,1-2H3. The van der Waals surface area contributed by atoms with Crippen LogP contribution < -0.4 is 9.47 Å². The topological polar surface area (TPSA) is 74.5 Å². The normalized spacial score (nSPS) is 13.9. The molecule has 0 amide bonds. The lowest BCUT2D eigenvalue weighted by Crippen LogP contribution is -2.03. The number of carbonyl (C=O) groups is 1. The fraction of sp³-hybridized carbons (Fsp3) is 0.400. The quantitative estimate of drug-likeness (QED) is 0.573. The molecule has 1 aromatic heterocycles. The zero-order valence-corrected chi connectivity index (χ0v) is 13.2. The molecule has 0 radical (unpaired) electrons. The molecule has 1 aliphatic rings. The van der Waals surface area contributed by atoms with Gasteiger partial charge in [-0.2, -0.15) is 0 Å². The van der Waals surface area contributed by atoms with Crippen LogP contribution in [0, 0.1) is 0 Å². The van der Waals surface area contributed by atoms with Gasteiger partial charge < -0.3 is 13.9 Å². The number of rotatable bonds is 7. The largest absolute Gasteiger partial charge is 0.493 e. The molecule has 1 fully saturated rings. The Labute approximate surface area is 132 Å². The van der Waals surface area contributed by atoms with Crippen LogP contribution in [0.15, 0.2) is 27.8 Å². The summed E-state index contributed by atoms with van der Waals surface area (Å²) in [7, 11) is 3.10. The van der Waals surface area contributed by atoms with Gasteiger partial charge in [0.05, 0.1) is 20.0 Å². The van der Waals surface area contributed by atoms with E-state index in [2.05, 4.69) is 10.2 Å². The maximum Gasteiger partial charge on any atom is 0.277 e. The summed E-state index contributed by atoms with van der Waals surface area (Å²) in [4.78, 5) is 12.2. The third-order valence-corrected chi connectivity index (χ3v) is 4.20. The highest BCUT2D eigenvalue weighted by atomic mass is 32.2. The fourth-order valence-corrected chi connectivity index (χ4v) is 2.66. The number of hydrogen-bond acceptors (Lipinski definition) is 7. The average Bonchev–Trinajstić information content (AvgIpc) is 3.30. The van der Waals surface area contributed by atoms with Gasteiger partial charge in [0, 0.05) is 11.5 Å². The highest BCUT2D eigenvalue weighted by molar-refractivity contribution is 7.99. The number of carbonyl (C=O) groups excluding carboxylic acids is 1. The number of benzene rings is 1. The van der Waals surface area contributed by atoms with Crippen molar-refractivity contribution in [2.24, 2.45) is 0 Å². The number of thioether (sulfide) groups is 1. The van der Waals surface area contributed by atoms with E-state index < -0.39 is 0 Å². The van der Waals surface area contributed by atoms with Crippen molar-refractivity contribution < 1.29 is 18.7 Å². The van der Waals surface area contributed by atoms with E-state index >= 15 is 0 Å². The Kier molecular flexibility index (Phi) is 4.33. The summed E-state index contributed by atoms with van der Waals surface area (Å²) in [6.45, 7) is 0. The number of nitrogens with zero attached hydrogens (tertiary/aromatic N) is 2. The van der Waals surface area contributed by atoms with Crippen LogP contribution in [0.25, 0.3) is 0 Å². The van der Waals surface area contributed by atoms with Gasteiger partial charge in [0.25, 0.3) is 5.22 Å². The maximum atomic E-state index is 12.2. The molecule has 0 N–H and O–H groups in total. The molecule has 1 saturated carbocycles. The third kappa shape index (κ3) is 3.24. The van der Waals surface area contributed by atoms with Gasteiger partial charge >= 0.3 is 0 Å². The van der Waals surface area contributed by atoms with Gasteiger partial charge in [-0.3, -0.25) is 4.79 Å². The molecule has 116 valence electrons. The van der Waals surface area contributed by atoms with Gasteiger partial charge in [-0.25, -0.2) is 0 Å². The van der Waals surface area contributed by atoms with E-state index in [1.54, 1.807) is 32.4 Å². The number of aromatic nitrogens is 2. The van der Waals surface area contributed by atoms with Crippen molar-refractivity contribution in [2.75, 3.05) is 20.0 Å². The van der Waals surface area contributed by atoms with Crippen molar-refractivity contribution in [3.63, 3.8) is 0 Å². The van der Waals surface area contributed by atoms with Crippen molar-refractivity contribution in [1.82, 2.24) is 10.2 Å². The lowest BCUT2D eigenvalue weighted by Gasteiger charge is -2.08. The Bertz CT molecular complexity index is 682. The molecule has 0 aliphatic heterocycles. The van der Waals surface area contributed by atoms with Gasteiger partial charge in [-0.1, -0.05) is 11.8 Å². The molecule has 0 unspecified atom stereocenters. The van der Waals surface area contributed by atoms with Crippen LogP contribution >= 0.6 is 11.8 Å². The summed E-state index contributed by atoms with van der Waals surface area (Å²) in [6, 6.07) is 5.10. The van der Waals surface area contributed by atoms with Crippen LogP contribution in [0.1, 0.15) is 35.0 Å². The summed E-state index contributed by atoms with van der Waals surface area (Å²) < 4.78 is 15.9. The lowest BCUT2D eigenvalue weighted by atomic mass is 10.1. The average molecular weight is 320 g/mol. The minimum absolute atomic E-state index is 0.0304. The monoisotopic (exact) mass is 320 g/mol. The van der Waals surface area contributed by atoms with Crippen LogP contribution in [0.3, 0.4) is 0 Å². The van der Waals surface area contributed by atoms with Crippen molar-refractivity contribution >= 4 is 17.5 Å². The van der Waals surface area contributed by atoms with E-state index in [1.807, 2.05) is 0 Å². The third-order valence-electron chi connectivity index (χ3n) is 3.38. The number of methoxy groups -OCH3 is 2. The molecule has 0 saturated heterocycles. The molecule has 7 heteroatoms. The zero-order chi connectivity index (χ0) is 15.5. The Morgan fingerprint density at radius 1 is 1.27 bits per heavy atom. The predicted octanol–water partition coefficient (Wildman–Crippen LogP) is 2.94. The minimum Gasteiger partial charge on any atom is -0.493 e. The first-order chi connectivity index (χ1) is 10.7. The minimum atomic E-state index is -0.0304. The number of hydrogen-bond donors (Lipinski definition) is 0. The molecule has 0 spiro atoms. The smallest absolute Gasteiger partial charge is 0.277 e. The van der Waals surface area contributed by atoms with E-state index in [4.69, 9.17) is 13.9 Å². The van der Waals surface area contributed by atoms with E-state index in [-0.39, 0.29) is 11.5 Å². The first-order valence-electron chi connectivity index (χ1n) is 6.92. The summed E-state index contributed by atoms with van der Waals surface area (Å²) in [5.41, 5.74) is 0.562. The highest BCUT2D eigenvalue weighted by Crippen LogP contribution is 2.39. The van der Waals surface area contributed by atoms with Gasteiger partial charge in [0.15, 0.2) is 17.3 Å². The van der Waals surface area contributed by atoms with E-state index in [0.717, 1.165) is 12.8 Å². The lowest BCUT2D eigenvalue weighted by molar-refractivity contribution is 0.102. The van der Waals surface area contributed by atoms with Gasteiger partial charge in [0.2, 0.25) is 5.89 Å². The van der Waals surface area contributed by atoms with Crippen molar-refractivity contribution in [3.05, 3.63) is 29.7 Å². The second-order valence-corrected chi connectivity index (χ2v) is 5.89. The Morgan fingerprint density at radius 2 is 2.05 bits per heavy atom. The molecule has 2 aromatic rings. The first kappa shape index (κ1) is 14.9. The molecule has 22 heavy (non-hydrogen) atoms. The number of ether oxygens (including phenoxy) is 2.